The minimum atomic E-state index is -0.411. The number of carbonyl (C=O) groups is 1. The maximum atomic E-state index is 12.2. The summed E-state index contributed by atoms with van der Waals surface area (Å²) in [6.07, 6.45) is 7.87. The van der Waals surface area contributed by atoms with Gasteiger partial charge in [-0.25, -0.2) is 19.7 Å². The molecule has 1 saturated heterocycles. The van der Waals surface area contributed by atoms with Crippen LogP contribution in [0.1, 0.15) is 24.0 Å². The van der Waals surface area contributed by atoms with Crippen molar-refractivity contribution in [3.8, 4) is 0 Å². The van der Waals surface area contributed by atoms with Gasteiger partial charge in [-0.3, -0.25) is 4.98 Å². The lowest BCUT2D eigenvalue weighted by atomic mass is 10.1. The Balaban J connectivity index is 1.17. The van der Waals surface area contributed by atoms with E-state index < -0.39 is 6.09 Å². The number of nitrogens with zero attached hydrogens (tertiary/aromatic N) is 5. The zero-order valence-corrected chi connectivity index (χ0v) is 20.4. The third-order valence-electron chi connectivity index (χ3n) is 6.06. The SMILES string of the molecule is O=C(NCc1cccnc1)OC1CCN(c2nccc3nc(NCc4ccccc4Cl)ncc23)CC1. The van der Waals surface area contributed by atoms with E-state index in [4.69, 9.17) is 16.3 Å². The molecule has 10 heteroatoms. The zero-order valence-electron chi connectivity index (χ0n) is 19.6. The first-order valence-electron chi connectivity index (χ1n) is 11.8. The number of amides is 1. The molecule has 1 amide bonds. The van der Waals surface area contributed by atoms with Crippen LogP contribution in [-0.2, 0) is 17.8 Å². The predicted octanol–water partition coefficient (Wildman–Crippen LogP) is 4.58. The van der Waals surface area contributed by atoms with Crippen molar-refractivity contribution in [2.75, 3.05) is 23.3 Å². The molecule has 0 saturated carbocycles. The molecule has 4 aromatic rings. The van der Waals surface area contributed by atoms with Gasteiger partial charge in [-0.1, -0.05) is 35.9 Å². The van der Waals surface area contributed by atoms with Gasteiger partial charge in [0.2, 0.25) is 5.95 Å². The van der Waals surface area contributed by atoms with E-state index in [1.54, 1.807) is 24.8 Å². The zero-order chi connectivity index (χ0) is 24.7. The number of alkyl carbamates (subject to hydrolysis) is 1. The van der Waals surface area contributed by atoms with Gasteiger partial charge in [0, 0.05) is 68.8 Å². The van der Waals surface area contributed by atoms with Gasteiger partial charge in [-0.15, -0.1) is 0 Å². The summed E-state index contributed by atoms with van der Waals surface area (Å²) in [5.74, 6) is 1.37. The lowest BCUT2D eigenvalue weighted by molar-refractivity contribution is 0.0828. The Morgan fingerprint density at radius 1 is 1.03 bits per heavy atom. The van der Waals surface area contributed by atoms with Crippen molar-refractivity contribution in [1.82, 2.24) is 25.3 Å². The molecule has 0 spiro atoms. The van der Waals surface area contributed by atoms with E-state index in [1.807, 2.05) is 42.5 Å². The summed E-state index contributed by atoms with van der Waals surface area (Å²) in [7, 11) is 0. The second-order valence-corrected chi connectivity index (χ2v) is 8.92. The van der Waals surface area contributed by atoms with E-state index in [1.165, 1.54) is 0 Å². The Kier molecular flexibility index (Phi) is 7.37. The van der Waals surface area contributed by atoms with Crippen LogP contribution in [0, 0.1) is 0 Å². The molecule has 1 fully saturated rings. The summed E-state index contributed by atoms with van der Waals surface area (Å²) in [5, 5.41) is 7.61. The number of hydrogen-bond acceptors (Lipinski definition) is 8. The van der Waals surface area contributed by atoms with Crippen LogP contribution in [-0.4, -0.2) is 45.2 Å². The van der Waals surface area contributed by atoms with Crippen LogP contribution in [0.5, 0.6) is 0 Å². The van der Waals surface area contributed by atoms with E-state index in [0.29, 0.717) is 24.1 Å². The van der Waals surface area contributed by atoms with Crippen molar-refractivity contribution in [2.45, 2.75) is 32.0 Å². The number of aromatic nitrogens is 4. The molecule has 0 aliphatic carbocycles. The van der Waals surface area contributed by atoms with Crippen molar-refractivity contribution in [2.24, 2.45) is 0 Å². The molecule has 0 radical (unpaired) electrons. The Morgan fingerprint density at radius 3 is 2.69 bits per heavy atom. The van der Waals surface area contributed by atoms with E-state index in [0.717, 1.165) is 53.8 Å². The fourth-order valence-corrected chi connectivity index (χ4v) is 4.35. The van der Waals surface area contributed by atoms with Crippen LogP contribution in [0.2, 0.25) is 5.02 Å². The monoisotopic (exact) mass is 503 g/mol. The maximum Gasteiger partial charge on any atom is 0.407 e. The first-order valence-corrected chi connectivity index (χ1v) is 12.2. The number of anilines is 2. The number of hydrogen-bond donors (Lipinski definition) is 2. The molecule has 184 valence electrons. The normalized spacial score (nSPS) is 14.0. The van der Waals surface area contributed by atoms with Crippen LogP contribution in [0.25, 0.3) is 10.9 Å². The number of ether oxygens (including phenoxy) is 1. The number of carbonyl (C=O) groups excluding carboxylic acids is 1. The highest BCUT2D eigenvalue weighted by Crippen LogP contribution is 2.27. The number of nitrogens with one attached hydrogen (secondary N) is 2. The van der Waals surface area contributed by atoms with Gasteiger partial charge in [0.15, 0.2) is 0 Å². The van der Waals surface area contributed by atoms with Crippen LogP contribution < -0.4 is 15.5 Å². The lowest BCUT2D eigenvalue weighted by Gasteiger charge is -2.32. The number of halogens is 1. The van der Waals surface area contributed by atoms with E-state index >= 15 is 0 Å². The van der Waals surface area contributed by atoms with Gasteiger partial charge in [0.05, 0.1) is 10.9 Å². The summed E-state index contributed by atoms with van der Waals surface area (Å²) in [6, 6.07) is 13.3. The predicted molar refractivity (Wildman–Crippen MR) is 139 cm³/mol. The Labute approximate surface area is 213 Å². The average Bonchev–Trinajstić information content (AvgIpc) is 2.92. The molecule has 1 aliphatic heterocycles. The molecule has 4 heterocycles. The highest BCUT2D eigenvalue weighted by atomic mass is 35.5. The number of benzene rings is 1. The maximum absolute atomic E-state index is 12.2. The molecule has 0 bridgehead atoms. The third-order valence-corrected chi connectivity index (χ3v) is 6.43. The molecule has 5 rings (SSSR count). The summed E-state index contributed by atoms with van der Waals surface area (Å²) in [6.45, 7) is 2.37. The molecular weight excluding hydrogens is 478 g/mol. The topological polar surface area (TPSA) is 105 Å². The molecule has 36 heavy (non-hydrogen) atoms. The lowest BCUT2D eigenvalue weighted by Crippen LogP contribution is -2.40. The molecule has 0 unspecified atom stereocenters. The summed E-state index contributed by atoms with van der Waals surface area (Å²) in [4.78, 5) is 32.2. The van der Waals surface area contributed by atoms with Gasteiger partial charge in [-0.05, 0) is 29.3 Å². The summed E-state index contributed by atoms with van der Waals surface area (Å²) < 4.78 is 5.61. The Hall–Kier alpha value is -3.98. The molecule has 1 aromatic carbocycles. The second kappa shape index (κ2) is 11.2. The standard InChI is InChI=1S/C26H26ClN7O2/c27-22-6-2-1-5-19(22)16-30-25-31-17-21-23(33-25)7-11-29-24(21)34-12-8-20(9-13-34)36-26(35)32-15-18-4-3-10-28-14-18/h1-7,10-11,14,17,20H,8-9,12-13,15-16H2,(H,32,35)(H,30,31,33). The van der Waals surface area contributed by atoms with Crippen molar-refractivity contribution >= 4 is 40.4 Å². The molecular formula is C26H26ClN7O2. The van der Waals surface area contributed by atoms with Crippen molar-refractivity contribution in [1.29, 1.82) is 0 Å². The molecule has 9 nitrogen and oxygen atoms in total. The second-order valence-electron chi connectivity index (χ2n) is 8.51. The van der Waals surface area contributed by atoms with Crippen LogP contribution >= 0.6 is 11.6 Å². The Morgan fingerprint density at radius 2 is 1.89 bits per heavy atom. The van der Waals surface area contributed by atoms with Crippen LogP contribution in [0.4, 0.5) is 16.6 Å². The number of fused-ring (bicyclic) bond motifs is 1. The smallest absolute Gasteiger partial charge is 0.407 e. The van der Waals surface area contributed by atoms with Crippen molar-refractivity contribution in [3.05, 3.63) is 83.4 Å². The average molecular weight is 504 g/mol. The fraction of sp³-hybridized carbons (Fsp3) is 0.269. The molecule has 2 N–H and O–H groups in total. The minimum absolute atomic E-state index is 0.137. The largest absolute Gasteiger partial charge is 0.446 e. The fourth-order valence-electron chi connectivity index (χ4n) is 4.15. The van der Waals surface area contributed by atoms with Crippen LogP contribution in [0.3, 0.4) is 0 Å². The summed E-state index contributed by atoms with van der Waals surface area (Å²) in [5.41, 5.74) is 2.72. The first-order chi connectivity index (χ1) is 17.7. The van der Waals surface area contributed by atoms with E-state index in [9.17, 15) is 4.79 Å². The number of rotatable bonds is 7. The minimum Gasteiger partial charge on any atom is -0.446 e. The Bertz CT molecular complexity index is 1330. The first kappa shape index (κ1) is 23.7. The molecule has 0 atom stereocenters. The van der Waals surface area contributed by atoms with Gasteiger partial charge in [-0.2, -0.15) is 0 Å². The number of piperidine rings is 1. The molecule has 1 aliphatic rings. The van der Waals surface area contributed by atoms with E-state index in [2.05, 4.69) is 35.5 Å². The van der Waals surface area contributed by atoms with Gasteiger partial charge >= 0.3 is 6.09 Å². The van der Waals surface area contributed by atoms with E-state index in [-0.39, 0.29) is 6.10 Å². The highest BCUT2D eigenvalue weighted by Gasteiger charge is 2.24. The quantitative estimate of drug-likeness (QED) is 0.377. The third kappa shape index (κ3) is 5.80. The van der Waals surface area contributed by atoms with Gasteiger partial charge < -0.3 is 20.3 Å². The van der Waals surface area contributed by atoms with Gasteiger partial charge in [0.25, 0.3) is 0 Å². The van der Waals surface area contributed by atoms with Gasteiger partial charge in [0.1, 0.15) is 11.9 Å². The van der Waals surface area contributed by atoms with Crippen molar-refractivity contribution < 1.29 is 9.53 Å². The molecule has 3 aromatic heterocycles. The number of pyridine rings is 2. The van der Waals surface area contributed by atoms with Crippen LogP contribution in [0.15, 0.2) is 67.3 Å². The van der Waals surface area contributed by atoms with Crippen molar-refractivity contribution in [3.63, 3.8) is 0 Å². The summed E-state index contributed by atoms with van der Waals surface area (Å²) >= 11 is 6.24. The highest BCUT2D eigenvalue weighted by molar-refractivity contribution is 6.31.